The van der Waals surface area contributed by atoms with Crippen LogP contribution in [-0.4, -0.2) is 23.8 Å². The number of nitrogens with zero attached hydrogens (tertiary/aromatic N) is 2. The molecule has 2 aromatic carbocycles. The molecule has 34 heavy (non-hydrogen) atoms. The quantitative estimate of drug-likeness (QED) is 0.374. The Hall–Kier alpha value is -3.73. The Bertz CT molecular complexity index is 1420. The number of rotatable bonds is 4. The van der Waals surface area contributed by atoms with Gasteiger partial charge >= 0.3 is 0 Å². The lowest BCUT2D eigenvalue weighted by Gasteiger charge is -2.45. The molecule has 0 saturated carbocycles. The average Bonchev–Trinajstić information content (AvgIpc) is 3.56. The maximum atomic E-state index is 13.5. The molecular weight excluding hydrogens is 460 g/mol. The Morgan fingerprint density at radius 2 is 1.82 bits per heavy atom. The second-order valence-electron chi connectivity index (χ2n) is 8.53. The predicted octanol–water partition coefficient (Wildman–Crippen LogP) is 6.01. The largest absolute Gasteiger partial charge is 0.345 e. The lowest BCUT2D eigenvalue weighted by Crippen LogP contribution is -2.62. The van der Waals surface area contributed by atoms with E-state index < -0.39 is 11.5 Å². The molecule has 7 heteroatoms. The predicted molar refractivity (Wildman–Crippen MR) is 138 cm³/mol. The minimum atomic E-state index is -0.791. The molecule has 0 bridgehead atoms. The van der Waals surface area contributed by atoms with Crippen molar-refractivity contribution in [2.24, 2.45) is 0 Å². The molecule has 1 aliphatic rings. The zero-order chi connectivity index (χ0) is 23.9. The third-order valence-electron chi connectivity index (χ3n) is 6.40. The smallest absolute Gasteiger partial charge is 0.239 e. The van der Waals surface area contributed by atoms with E-state index in [-0.39, 0.29) is 11.9 Å². The van der Waals surface area contributed by atoms with Crippen molar-refractivity contribution in [1.29, 1.82) is 10.7 Å². The number of amides is 1. The van der Waals surface area contributed by atoms with Crippen LogP contribution in [0.4, 0.5) is 0 Å². The monoisotopic (exact) mass is 482 g/mol. The summed E-state index contributed by atoms with van der Waals surface area (Å²) in [6, 6.07) is 22.0. The highest BCUT2D eigenvalue weighted by Gasteiger charge is 2.49. The fraction of sp³-hybridized carbons (Fsp3) is 0.148. The molecule has 5 nitrogen and oxygen atoms in total. The number of thiophene rings is 2. The summed E-state index contributed by atoms with van der Waals surface area (Å²) in [5.41, 5.74) is 4.93. The van der Waals surface area contributed by atoms with Crippen molar-refractivity contribution in [3.63, 3.8) is 0 Å². The molecular formula is C27H22N4OS2. The summed E-state index contributed by atoms with van der Waals surface area (Å²) in [6.07, 6.45) is 0. The van der Waals surface area contributed by atoms with Gasteiger partial charge in [0.25, 0.3) is 0 Å². The minimum Gasteiger partial charge on any atom is -0.345 e. The van der Waals surface area contributed by atoms with Crippen molar-refractivity contribution in [3.8, 4) is 28.3 Å². The lowest BCUT2D eigenvalue weighted by atomic mass is 9.76. The molecule has 3 heterocycles. The molecule has 2 atom stereocenters. The maximum absolute atomic E-state index is 13.5. The molecule has 168 valence electrons. The molecule has 2 aromatic heterocycles. The molecule has 4 aromatic rings. The fourth-order valence-electron chi connectivity index (χ4n) is 4.46. The highest BCUT2D eigenvalue weighted by atomic mass is 32.1. The van der Waals surface area contributed by atoms with Crippen LogP contribution in [0.15, 0.2) is 76.8 Å². The Balaban J connectivity index is 1.56. The minimum absolute atomic E-state index is 0.0834. The van der Waals surface area contributed by atoms with E-state index in [4.69, 9.17) is 5.41 Å². The first-order valence-corrected chi connectivity index (χ1v) is 12.6. The summed E-state index contributed by atoms with van der Waals surface area (Å²) in [6.45, 7) is 1.99. The number of carbonyl (C=O) groups excluding carboxylic acids is 1. The van der Waals surface area contributed by atoms with Crippen LogP contribution in [0.3, 0.4) is 0 Å². The molecule has 1 saturated heterocycles. The van der Waals surface area contributed by atoms with Crippen molar-refractivity contribution < 1.29 is 4.79 Å². The van der Waals surface area contributed by atoms with Crippen LogP contribution in [0.2, 0.25) is 0 Å². The SMILES string of the molecule is CN1C(=N)N[C@](C)(c2cc(-c3cccc(C#N)c3)cs2)[C@@H](c2ccc(-c3ccsc3)cc2)C1=O. The van der Waals surface area contributed by atoms with Gasteiger partial charge in [-0.25, -0.2) is 0 Å². The third kappa shape index (κ3) is 3.71. The number of hydrogen-bond acceptors (Lipinski definition) is 5. The third-order valence-corrected chi connectivity index (χ3v) is 8.25. The van der Waals surface area contributed by atoms with Gasteiger partial charge in [0.2, 0.25) is 5.91 Å². The number of hydrogen-bond donors (Lipinski definition) is 2. The van der Waals surface area contributed by atoms with Crippen molar-refractivity contribution in [1.82, 2.24) is 10.2 Å². The molecule has 0 spiro atoms. The van der Waals surface area contributed by atoms with E-state index in [2.05, 4.69) is 46.4 Å². The standard InChI is InChI=1S/C27H22N4OS2/c1-27(23-13-22(16-34-23)20-5-3-4-17(12-20)14-28)24(25(32)31(2)26(29)30-27)19-8-6-18(7-9-19)21-10-11-33-15-21/h3-13,15-16,24H,1-2H3,(H2,29,30)/t24-,27+/m0/s1. The first-order valence-electron chi connectivity index (χ1n) is 10.8. The molecule has 0 unspecified atom stereocenters. The molecule has 5 rings (SSSR count). The number of nitriles is 1. The van der Waals surface area contributed by atoms with Crippen LogP contribution in [-0.2, 0) is 10.3 Å². The first-order chi connectivity index (χ1) is 16.4. The van der Waals surface area contributed by atoms with E-state index in [1.54, 1.807) is 35.8 Å². The van der Waals surface area contributed by atoms with Crippen LogP contribution in [0, 0.1) is 16.7 Å². The normalized spacial score (nSPS) is 20.1. The van der Waals surface area contributed by atoms with Gasteiger partial charge in [0, 0.05) is 11.9 Å². The molecule has 0 radical (unpaired) electrons. The summed E-state index contributed by atoms with van der Waals surface area (Å²) < 4.78 is 0. The second kappa shape index (κ2) is 8.56. The van der Waals surface area contributed by atoms with Crippen molar-refractivity contribution >= 4 is 34.5 Å². The summed E-state index contributed by atoms with van der Waals surface area (Å²) in [5, 5.41) is 27.2. The van der Waals surface area contributed by atoms with Gasteiger partial charge in [0.1, 0.15) is 0 Å². The highest BCUT2D eigenvalue weighted by molar-refractivity contribution is 7.10. The van der Waals surface area contributed by atoms with Crippen LogP contribution in [0.25, 0.3) is 22.3 Å². The second-order valence-corrected chi connectivity index (χ2v) is 10.2. The van der Waals surface area contributed by atoms with E-state index >= 15 is 0 Å². The molecule has 1 aliphatic heterocycles. The summed E-state index contributed by atoms with van der Waals surface area (Å²) >= 11 is 3.21. The number of carbonyl (C=O) groups is 1. The number of benzene rings is 2. The first kappa shape index (κ1) is 22.1. The van der Waals surface area contributed by atoms with Gasteiger partial charge in [-0.3, -0.25) is 15.1 Å². The van der Waals surface area contributed by atoms with Crippen molar-refractivity contribution in [3.05, 3.63) is 92.8 Å². The summed E-state index contributed by atoms with van der Waals surface area (Å²) in [4.78, 5) is 15.9. The van der Waals surface area contributed by atoms with Crippen molar-refractivity contribution in [2.45, 2.75) is 18.4 Å². The van der Waals surface area contributed by atoms with Crippen LogP contribution in [0.1, 0.15) is 28.8 Å². The van der Waals surface area contributed by atoms with Crippen LogP contribution in [0.5, 0.6) is 0 Å². The van der Waals surface area contributed by atoms with Gasteiger partial charge in [-0.1, -0.05) is 36.4 Å². The van der Waals surface area contributed by atoms with E-state index in [1.807, 2.05) is 42.6 Å². The van der Waals surface area contributed by atoms with Crippen LogP contribution < -0.4 is 5.32 Å². The average molecular weight is 483 g/mol. The Kier molecular flexibility index (Phi) is 5.56. The topological polar surface area (TPSA) is 80.0 Å². The van der Waals surface area contributed by atoms with Crippen molar-refractivity contribution in [2.75, 3.05) is 7.05 Å². The van der Waals surface area contributed by atoms with Gasteiger partial charge in [-0.15, -0.1) is 11.3 Å². The lowest BCUT2D eigenvalue weighted by molar-refractivity contribution is -0.131. The fourth-order valence-corrected chi connectivity index (χ4v) is 6.19. The number of likely N-dealkylation sites (N-methyl/N-ethyl adjacent to an activating group) is 1. The Morgan fingerprint density at radius 3 is 2.53 bits per heavy atom. The zero-order valence-corrected chi connectivity index (χ0v) is 20.3. The molecule has 2 N–H and O–H groups in total. The highest BCUT2D eigenvalue weighted by Crippen LogP contribution is 2.44. The van der Waals surface area contributed by atoms with E-state index in [0.29, 0.717) is 5.56 Å². The molecule has 1 fully saturated rings. The van der Waals surface area contributed by atoms with Crippen LogP contribution >= 0.6 is 22.7 Å². The molecule has 0 aliphatic carbocycles. The van der Waals surface area contributed by atoms with Gasteiger partial charge < -0.3 is 5.32 Å². The van der Waals surface area contributed by atoms with E-state index in [0.717, 1.165) is 32.7 Å². The van der Waals surface area contributed by atoms with Gasteiger partial charge in [0.05, 0.1) is 23.1 Å². The summed E-state index contributed by atoms with van der Waals surface area (Å²) in [5.74, 6) is -0.531. The van der Waals surface area contributed by atoms with E-state index in [9.17, 15) is 10.1 Å². The Morgan fingerprint density at radius 1 is 1.03 bits per heavy atom. The van der Waals surface area contributed by atoms with Gasteiger partial charge in [-0.05, 0) is 75.1 Å². The van der Waals surface area contributed by atoms with E-state index in [1.165, 1.54) is 4.90 Å². The molecule has 1 amide bonds. The van der Waals surface area contributed by atoms with Gasteiger partial charge in [0.15, 0.2) is 5.96 Å². The van der Waals surface area contributed by atoms with Gasteiger partial charge in [-0.2, -0.15) is 16.6 Å². The number of guanidine groups is 1. The maximum Gasteiger partial charge on any atom is 0.239 e. The number of nitrogens with one attached hydrogen (secondary N) is 2. The zero-order valence-electron chi connectivity index (χ0n) is 18.7. The summed E-state index contributed by atoms with van der Waals surface area (Å²) in [7, 11) is 1.64. The Labute approximate surface area is 206 Å².